The smallest absolute Gasteiger partial charge is 0.299 e. The number of likely N-dealkylation sites (N-methyl/N-ethyl adjacent to an activating group) is 1. The normalized spacial score (nSPS) is 23.3. The minimum absolute atomic E-state index is 0.0106. The van der Waals surface area contributed by atoms with E-state index in [4.69, 9.17) is 0 Å². The van der Waals surface area contributed by atoms with E-state index in [1.54, 1.807) is 18.7 Å². The van der Waals surface area contributed by atoms with Crippen LogP contribution in [0.15, 0.2) is 0 Å². The average molecular weight is 375 g/mol. The molecule has 2 bridgehead atoms. The molecule has 0 aromatic rings. The Labute approximate surface area is 164 Å². The van der Waals surface area contributed by atoms with Gasteiger partial charge in [-0.3, -0.25) is 9.59 Å². The summed E-state index contributed by atoms with van der Waals surface area (Å²) in [6, 6.07) is 0.791. The van der Waals surface area contributed by atoms with Gasteiger partial charge in [0.15, 0.2) is 0 Å². The van der Waals surface area contributed by atoms with E-state index in [1.807, 2.05) is 18.7 Å². The molecule has 0 spiro atoms. The Hall–Kier alpha value is -2.02. The molecule has 0 saturated carbocycles. The molecular weight excluding hydrogens is 340 g/mol. The summed E-state index contributed by atoms with van der Waals surface area (Å²) in [7, 11) is 2.06. The molecule has 0 aromatic carbocycles. The first-order valence-electron chi connectivity index (χ1n) is 9.92. The third-order valence-electron chi connectivity index (χ3n) is 4.87. The van der Waals surface area contributed by atoms with Crippen LogP contribution < -0.4 is 5.32 Å². The number of rotatable bonds is 0. The molecule has 1 N–H and O–H groups in total. The lowest BCUT2D eigenvalue weighted by Gasteiger charge is -2.33. The van der Waals surface area contributed by atoms with Crippen molar-refractivity contribution in [3.05, 3.63) is 0 Å². The summed E-state index contributed by atoms with van der Waals surface area (Å²) >= 11 is 0. The third kappa shape index (κ3) is 6.90. The molecule has 150 valence electrons. The lowest BCUT2D eigenvalue weighted by atomic mass is 10.2. The molecular formula is C21H34N4O2. The summed E-state index contributed by atoms with van der Waals surface area (Å²) in [5, 5.41) is 3.33. The molecule has 3 fully saturated rings. The second-order valence-electron chi connectivity index (χ2n) is 6.60. The van der Waals surface area contributed by atoms with Crippen molar-refractivity contribution >= 4 is 11.8 Å². The van der Waals surface area contributed by atoms with Crippen LogP contribution in [0.25, 0.3) is 0 Å². The third-order valence-corrected chi connectivity index (χ3v) is 4.87. The Bertz CT molecular complexity index is 587. The molecule has 0 aromatic heterocycles. The number of piperazine rings is 2. The topological polar surface area (TPSA) is 55.9 Å². The molecule has 27 heavy (non-hydrogen) atoms. The van der Waals surface area contributed by atoms with Crippen LogP contribution in [0.4, 0.5) is 0 Å². The highest BCUT2D eigenvalue weighted by molar-refractivity contribution is 5.94. The van der Waals surface area contributed by atoms with Gasteiger partial charge in [0.05, 0.1) is 0 Å². The van der Waals surface area contributed by atoms with Crippen molar-refractivity contribution in [1.82, 2.24) is 20.0 Å². The Morgan fingerprint density at radius 1 is 0.852 bits per heavy atom. The maximum absolute atomic E-state index is 11.6. The van der Waals surface area contributed by atoms with E-state index in [0.717, 1.165) is 52.1 Å². The highest BCUT2D eigenvalue weighted by atomic mass is 16.2. The van der Waals surface area contributed by atoms with E-state index in [9.17, 15) is 9.59 Å². The minimum Gasteiger partial charge on any atom is -0.329 e. The summed E-state index contributed by atoms with van der Waals surface area (Å²) in [5.41, 5.74) is 0. The fourth-order valence-corrected chi connectivity index (χ4v) is 3.48. The maximum atomic E-state index is 11.6. The minimum atomic E-state index is -0.0365. The zero-order valence-electron chi connectivity index (χ0n) is 17.5. The van der Waals surface area contributed by atoms with Gasteiger partial charge in [0.25, 0.3) is 11.8 Å². The molecule has 3 aliphatic rings. The van der Waals surface area contributed by atoms with Crippen LogP contribution >= 0.6 is 0 Å². The number of nitrogens with zero attached hydrogens (tertiary/aromatic N) is 3. The number of carbonyl (C=O) groups is 2. The first-order valence-corrected chi connectivity index (χ1v) is 9.92. The van der Waals surface area contributed by atoms with Crippen molar-refractivity contribution in [2.75, 3.05) is 46.3 Å². The first-order chi connectivity index (χ1) is 13.1. The highest BCUT2D eigenvalue weighted by Crippen LogP contribution is 2.26. The van der Waals surface area contributed by atoms with Crippen molar-refractivity contribution in [3.63, 3.8) is 0 Å². The van der Waals surface area contributed by atoms with E-state index < -0.39 is 0 Å². The lowest BCUT2D eigenvalue weighted by Crippen LogP contribution is -2.53. The van der Waals surface area contributed by atoms with Crippen molar-refractivity contribution in [2.45, 2.75) is 52.6 Å². The summed E-state index contributed by atoms with van der Waals surface area (Å²) in [5.74, 6) is 10.4. The quantitative estimate of drug-likeness (QED) is 0.637. The fourth-order valence-electron chi connectivity index (χ4n) is 3.48. The fraction of sp³-hybridized carbons (Fsp3) is 0.714. The van der Waals surface area contributed by atoms with Crippen molar-refractivity contribution in [2.24, 2.45) is 0 Å². The number of hydrogen-bond acceptors (Lipinski definition) is 4. The maximum Gasteiger partial charge on any atom is 0.299 e. The predicted molar refractivity (Wildman–Crippen MR) is 109 cm³/mol. The van der Waals surface area contributed by atoms with Crippen LogP contribution in [-0.4, -0.2) is 84.9 Å². The van der Waals surface area contributed by atoms with Gasteiger partial charge >= 0.3 is 0 Å². The van der Waals surface area contributed by atoms with Crippen LogP contribution in [-0.2, 0) is 9.59 Å². The van der Waals surface area contributed by atoms with Gasteiger partial charge < -0.3 is 20.0 Å². The summed E-state index contributed by atoms with van der Waals surface area (Å²) in [6.45, 7) is 12.8. The van der Waals surface area contributed by atoms with Crippen molar-refractivity contribution in [1.29, 1.82) is 0 Å². The van der Waals surface area contributed by atoms with Crippen LogP contribution in [0.5, 0.6) is 0 Å². The zero-order chi connectivity index (χ0) is 20.2. The van der Waals surface area contributed by atoms with Gasteiger partial charge in [-0.25, -0.2) is 0 Å². The average Bonchev–Trinajstić information content (AvgIpc) is 2.94. The number of carbonyl (C=O) groups excluding carboxylic acids is 2. The molecule has 3 heterocycles. The van der Waals surface area contributed by atoms with Crippen LogP contribution in [0, 0.1) is 23.7 Å². The second kappa shape index (κ2) is 12.4. The summed E-state index contributed by atoms with van der Waals surface area (Å²) in [6.07, 6.45) is 2.27. The standard InChI is InChI=1S/C10H14N2O.C9H14N2O.C2H6/c1-2-3-10(13)12-8-4-5-9(12)7-11-6-8;1-3-4-9(12)11-7-5-10(2)6-8-11;1-2/h8-9,11H,4-7H2,1H3;5-8H2,1-2H3;1-2H3/t8-,9+;;. The van der Waals surface area contributed by atoms with Gasteiger partial charge in [-0.15, -0.1) is 0 Å². The van der Waals surface area contributed by atoms with E-state index in [2.05, 4.69) is 40.9 Å². The van der Waals surface area contributed by atoms with E-state index in [-0.39, 0.29) is 11.8 Å². The molecule has 0 radical (unpaired) electrons. The Kier molecular flexibility index (Phi) is 10.6. The SMILES string of the molecule is CC.CC#CC(=O)N1CCN(C)CC1.CC#CC(=O)N1[C@@H]2CC[C@H]1CNC2. The van der Waals surface area contributed by atoms with Gasteiger partial charge in [-0.1, -0.05) is 25.7 Å². The van der Waals surface area contributed by atoms with Gasteiger partial charge in [0, 0.05) is 51.4 Å². The Balaban J connectivity index is 0.000000248. The van der Waals surface area contributed by atoms with Crippen molar-refractivity contribution < 1.29 is 9.59 Å². The second-order valence-corrected chi connectivity index (χ2v) is 6.60. The van der Waals surface area contributed by atoms with Crippen LogP contribution in [0.3, 0.4) is 0 Å². The number of nitrogens with one attached hydrogen (secondary N) is 1. The molecule has 3 saturated heterocycles. The monoisotopic (exact) mass is 374 g/mol. The molecule has 6 nitrogen and oxygen atoms in total. The van der Waals surface area contributed by atoms with E-state index >= 15 is 0 Å². The molecule has 0 aliphatic carbocycles. The largest absolute Gasteiger partial charge is 0.329 e. The molecule has 3 aliphatic heterocycles. The molecule has 6 heteroatoms. The molecule has 2 atom stereocenters. The first kappa shape index (κ1) is 23.0. The number of amides is 2. The zero-order valence-corrected chi connectivity index (χ0v) is 17.5. The van der Waals surface area contributed by atoms with Gasteiger partial charge in [0.1, 0.15) is 0 Å². The molecule has 2 amide bonds. The van der Waals surface area contributed by atoms with Crippen LogP contribution in [0.1, 0.15) is 40.5 Å². The lowest BCUT2D eigenvalue weighted by molar-refractivity contribution is -0.128. The Morgan fingerprint density at radius 2 is 1.33 bits per heavy atom. The van der Waals surface area contributed by atoms with Crippen molar-refractivity contribution in [3.8, 4) is 23.7 Å². The summed E-state index contributed by atoms with van der Waals surface area (Å²) in [4.78, 5) is 28.8. The predicted octanol–water partition coefficient (Wildman–Crippen LogP) is 0.782. The number of fused-ring (bicyclic) bond motifs is 2. The molecule has 0 unspecified atom stereocenters. The molecule has 3 rings (SSSR count). The Morgan fingerprint density at radius 3 is 1.81 bits per heavy atom. The van der Waals surface area contributed by atoms with Crippen LogP contribution in [0.2, 0.25) is 0 Å². The van der Waals surface area contributed by atoms with Gasteiger partial charge in [0.2, 0.25) is 0 Å². The van der Waals surface area contributed by atoms with Gasteiger partial charge in [-0.05, 0) is 45.6 Å². The van der Waals surface area contributed by atoms with E-state index in [1.165, 1.54) is 0 Å². The summed E-state index contributed by atoms with van der Waals surface area (Å²) < 4.78 is 0. The van der Waals surface area contributed by atoms with E-state index in [0.29, 0.717) is 12.1 Å². The van der Waals surface area contributed by atoms with Gasteiger partial charge in [-0.2, -0.15) is 0 Å². The number of hydrogen-bond donors (Lipinski definition) is 1. The highest BCUT2D eigenvalue weighted by Gasteiger charge is 2.38.